The quantitative estimate of drug-likeness (QED) is 0.412. The average Bonchev–Trinajstić information content (AvgIpc) is 2.90. The van der Waals surface area contributed by atoms with E-state index in [1.165, 1.54) is 6.07 Å². The van der Waals surface area contributed by atoms with Crippen LogP contribution in [0.3, 0.4) is 0 Å². The number of hydrogen-bond donors (Lipinski definition) is 3. The Hall–Kier alpha value is -2.61. The highest BCUT2D eigenvalue weighted by atomic mass is 32.2. The molecule has 0 spiro atoms. The summed E-state index contributed by atoms with van der Waals surface area (Å²) in [5.41, 5.74) is 7.38. The van der Waals surface area contributed by atoms with Gasteiger partial charge in [0.2, 0.25) is 26.0 Å². The zero-order chi connectivity index (χ0) is 27.1. The molecule has 0 unspecified atom stereocenters. The van der Waals surface area contributed by atoms with Gasteiger partial charge in [0.1, 0.15) is 0 Å². The largest absolute Gasteiger partial charge is 0.494 e. The molecule has 1 aliphatic rings. The fourth-order valence-corrected chi connectivity index (χ4v) is 4.91. The van der Waals surface area contributed by atoms with Crippen LogP contribution in [-0.2, 0) is 40.6 Å². The number of nitrogens with two attached hydrogens (primary N) is 1. The van der Waals surface area contributed by atoms with Gasteiger partial charge >= 0.3 is 7.12 Å². The van der Waals surface area contributed by atoms with Crippen LogP contribution in [0.2, 0.25) is 0 Å². The summed E-state index contributed by atoms with van der Waals surface area (Å²) >= 11 is 0. The maximum atomic E-state index is 11.9. The van der Waals surface area contributed by atoms with Crippen molar-refractivity contribution in [2.75, 3.05) is 22.0 Å². The Kier molecular flexibility index (Phi) is 7.53. The number of anilines is 2. The fourth-order valence-electron chi connectivity index (χ4n) is 3.81. The van der Waals surface area contributed by atoms with E-state index in [0.29, 0.717) is 17.5 Å². The summed E-state index contributed by atoms with van der Waals surface area (Å²) < 4.78 is 64.5. The third-order valence-electron chi connectivity index (χ3n) is 6.15. The molecule has 196 valence electrons. The van der Waals surface area contributed by atoms with Crippen LogP contribution in [0.5, 0.6) is 0 Å². The zero-order valence-corrected chi connectivity index (χ0v) is 22.8. The van der Waals surface area contributed by atoms with E-state index in [9.17, 15) is 21.6 Å². The molecule has 2 aromatic rings. The van der Waals surface area contributed by atoms with E-state index in [2.05, 4.69) is 9.44 Å². The van der Waals surface area contributed by atoms with Crippen molar-refractivity contribution in [3.05, 3.63) is 42.0 Å². The fraction of sp³-hybridized carbons (Fsp3) is 0.435. The SMILES string of the molecule is CC1(C)OB(c2ccc(-c3cc(NS(C)(=O)=O)cc(NS(C)(=O)=O)c3)c(CCC(N)=O)c2)OC1(C)C. The van der Waals surface area contributed by atoms with E-state index in [1.54, 1.807) is 18.2 Å². The molecule has 1 heterocycles. The maximum absolute atomic E-state index is 11.9. The lowest BCUT2D eigenvalue weighted by molar-refractivity contribution is -0.117. The summed E-state index contributed by atoms with van der Waals surface area (Å²) in [6.07, 6.45) is 2.38. The summed E-state index contributed by atoms with van der Waals surface area (Å²) in [5.74, 6) is -0.478. The first-order chi connectivity index (χ1) is 16.4. The maximum Gasteiger partial charge on any atom is 0.494 e. The summed E-state index contributed by atoms with van der Waals surface area (Å²) in [6, 6.07) is 10.1. The van der Waals surface area contributed by atoms with Gasteiger partial charge < -0.3 is 15.0 Å². The van der Waals surface area contributed by atoms with Gasteiger partial charge in [-0.3, -0.25) is 14.2 Å². The Bertz CT molecular complexity index is 1320. The number of aryl methyl sites for hydroxylation is 1. The average molecular weight is 537 g/mol. The molecule has 1 amide bonds. The number of rotatable bonds is 9. The van der Waals surface area contributed by atoms with Crippen molar-refractivity contribution < 1.29 is 30.9 Å². The predicted molar refractivity (Wildman–Crippen MR) is 142 cm³/mol. The van der Waals surface area contributed by atoms with Crippen molar-refractivity contribution in [3.8, 4) is 11.1 Å². The van der Waals surface area contributed by atoms with Crippen LogP contribution < -0.4 is 20.6 Å². The van der Waals surface area contributed by atoms with Crippen LogP contribution in [0.4, 0.5) is 11.4 Å². The number of benzene rings is 2. The number of primary amides is 1. The Morgan fingerprint density at radius 1 is 0.889 bits per heavy atom. The van der Waals surface area contributed by atoms with Gasteiger partial charge in [0.05, 0.1) is 35.1 Å². The van der Waals surface area contributed by atoms with Crippen LogP contribution >= 0.6 is 0 Å². The first-order valence-corrected chi connectivity index (χ1v) is 15.0. The van der Waals surface area contributed by atoms with Gasteiger partial charge in [0.25, 0.3) is 0 Å². The molecule has 2 aromatic carbocycles. The molecule has 10 nitrogen and oxygen atoms in total. The van der Waals surface area contributed by atoms with Gasteiger partial charge in [-0.2, -0.15) is 0 Å². The van der Waals surface area contributed by atoms with Gasteiger partial charge in [-0.25, -0.2) is 16.8 Å². The summed E-state index contributed by atoms with van der Waals surface area (Å²) in [4.78, 5) is 11.6. The van der Waals surface area contributed by atoms with Crippen LogP contribution in [0.25, 0.3) is 11.1 Å². The second-order valence-electron chi connectivity index (χ2n) is 10.0. The smallest absolute Gasteiger partial charge is 0.399 e. The molecule has 0 radical (unpaired) electrons. The number of sulfonamides is 2. The van der Waals surface area contributed by atoms with E-state index in [4.69, 9.17) is 15.0 Å². The number of carbonyl (C=O) groups is 1. The van der Waals surface area contributed by atoms with Gasteiger partial charge in [-0.15, -0.1) is 0 Å². The van der Waals surface area contributed by atoms with E-state index in [-0.39, 0.29) is 17.8 Å². The topological polar surface area (TPSA) is 154 Å². The molecule has 0 aliphatic carbocycles. The highest BCUT2D eigenvalue weighted by molar-refractivity contribution is 7.92. The molecule has 36 heavy (non-hydrogen) atoms. The number of nitrogens with one attached hydrogen (secondary N) is 2. The van der Waals surface area contributed by atoms with E-state index >= 15 is 0 Å². The Labute approximate surface area is 213 Å². The van der Waals surface area contributed by atoms with Crippen LogP contribution in [0, 0.1) is 0 Å². The molecule has 0 saturated carbocycles. The molecule has 1 fully saturated rings. The Morgan fingerprint density at radius 3 is 1.83 bits per heavy atom. The van der Waals surface area contributed by atoms with Crippen molar-refractivity contribution in [3.63, 3.8) is 0 Å². The van der Waals surface area contributed by atoms with Crippen molar-refractivity contribution in [1.82, 2.24) is 0 Å². The molecule has 0 bridgehead atoms. The minimum Gasteiger partial charge on any atom is -0.399 e. The van der Waals surface area contributed by atoms with Gasteiger partial charge in [-0.1, -0.05) is 18.2 Å². The molecule has 1 saturated heterocycles. The second kappa shape index (κ2) is 9.69. The standard InChI is InChI=1S/C23H32BN3O7S2/c1-22(2)23(3,4)34-24(33-22)17-8-9-20(15(11-17)7-10-21(25)28)16-12-18(26-35(5,29)30)14-19(13-16)27-36(6,31)32/h8-9,11-14,26-27H,7,10H2,1-6H3,(H2,25,28). The summed E-state index contributed by atoms with van der Waals surface area (Å²) in [5, 5.41) is 0. The van der Waals surface area contributed by atoms with E-state index in [0.717, 1.165) is 23.5 Å². The first-order valence-electron chi connectivity index (χ1n) is 11.2. The van der Waals surface area contributed by atoms with Crippen molar-refractivity contribution >= 4 is 49.9 Å². The number of amides is 1. The third-order valence-corrected chi connectivity index (χ3v) is 7.36. The number of carbonyl (C=O) groups excluding carboxylic acids is 1. The van der Waals surface area contributed by atoms with Crippen molar-refractivity contribution in [2.24, 2.45) is 5.73 Å². The van der Waals surface area contributed by atoms with Crippen molar-refractivity contribution in [1.29, 1.82) is 0 Å². The molecule has 0 atom stereocenters. The van der Waals surface area contributed by atoms with Gasteiger partial charge in [0.15, 0.2) is 0 Å². The molecule has 13 heteroatoms. The lowest BCUT2D eigenvalue weighted by Gasteiger charge is -2.32. The summed E-state index contributed by atoms with van der Waals surface area (Å²) in [7, 11) is -7.89. The molecule has 4 N–H and O–H groups in total. The molecular weight excluding hydrogens is 505 g/mol. The molecule has 0 aromatic heterocycles. The minimum atomic E-state index is -3.63. The monoisotopic (exact) mass is 537 g/mol. The lowest BCUT2D eigenvalue weighted by Crippen LogP contribution is -2.41. The summed E-state index contributed by atoms with van der Waals surface area (Å²) in [6.45, 7) is 7.80. The molecule has 3 rings (SSSR count). The van der Waals surface area contributed by atoms with Crippen molar-refractivity contribution in [2.45, 2.75) is 51.7 Å². The minimum absolute atomic E-state index is 0.0789. The van der Waals surface area contributed by atoms with E-state index < -0.39 is 44.3 Å². The lowest BCUT2D eigenvalue weighted by atomic mass is 9.76. The van der Waals surface area contributed by atoms with E-state index in [1.807, 2.05) is 39.8 Å². The van der Waals surface area contributed by atoms with Gasteiger partial charge in [-0.05, 0) is 74.5 Å². The normalized spacial score (nSPS) is 17.1. The Balaban J connectivity index is 2.12. The third kappa shape index (κ3) is 6.99. The van der Waals surface area contributed by atoms with Crippen LogP contribution in [0.15, 0.2) is 36.4 Å². The second-order valence-corrected chi connectivity index (χ2v) is 13.5. The zero-order valence-electron chi connectivity index (χ0n) is 21.2. The molecular formula is C23H32BN3O7S2. The predicted octanol–water partition coefficient (Wildman–Crippen LogP) is 1.81. The van der Waals surface area contributed by atoms with Crippen LogP contribution in [-0.4, -0.2) is 53.6 Å². The van der Waals surface area contributed by atoms with Gasteiger partial charge in [0, 0.05) is 6.42 Å². The molecule has 1 aliphatic heterocycles. The Morgan fingerprint density at radius 2 is 1.39 bits per heavy atom. The van der Waals surface area contributed by atoms with Crippen LogP contribution in [0.1, 0.15) is 39.7 Å². The number of hydrogen-bond acceptors (Lipinski definition) is 7. The highest BCUT2D eigenvalue weighted by Gasteiger charge is 2.51. The first kappa shape index (κ1) is 28.0. The highest BCUT2D eigenvalue weighted by Crippen LogP contribution is 2.37.